The highest BCUT2D eigenvalue weighted by molar-refractivity contribution is 6.07. The monoisotopic (exact) mass is 420 g/mol. The van der Waals surface area contributed by atoms with E-state index in [4.69, 9.17) is 4.74 Å². The highest BCUT2D eigenvalue weighted by Crippen LogP contribution is 2.20. The zero-order valence-corrected chi connectivity index (χ0v) is 17.4. The van der Waals surface area contributed by atoms with Crippen molar-refractivity contribution in [3.8, 4) is 5.75 Å². The summed E-state index contributed by atoms with van der Waals surface area (Å²) in [4.78, 5) is 38.5. The Morgan fingerprint density at radius 1 is 1.13 bits per heavy atom. The van der Waals surface area contributed by atoms with E-state index >= 15 is 0 Å². The molecule has 0 bridgehead atoms. The van der Waals surface area contributed by atoms with Crippen molar-refractivity contribution in [1.29, 1.82) is 0 Å². The lowest BCUT2D eigenvalue weighted by Crippen LogP contribution is -2.34. The number of anilines is 1. The Kier molecular flexibility index (Phi) is 5.62. The highest BCUT2D eigenvalue weighted by Gasteiger charge is 2.38. The van der Waals surface area contributed by atoms with Gasteiger partial charge < -0.3 is 19.9 Å². The first-order chi connectivity index (χ1) is 14.9. The molecule has 8 heteroatoms. The molecule has 2 aromatic carbocycles. The zero-order valence-electron chi connectivity index (χ0n) is 17.4. The van der Waals surface area contributed by atoms with Crippen molar-refractivity contribution in [3.63, 3.8) is 0 Å². The number of ether oxygens (including phenoxy) is 1. The van der Waals surface area contributed by atoms with Gasteiger partial charge >= 0.3 is 6.03 Å². The van der Waals surface area contributed by atoms with Gasteiger partial charge in [-0.25, -0.2) is 4.79 Å². The molecule has 8 nitrogen and oxygen atoms in total. The van der Waals surface area contributed by atoms with Gasteiger partial charge in [0.1, 0.15) is 11.8 Å². The molecule has 2 N–H and O–H groups in total. The summed E-state index contributed by atoms with van der Waals surface area (Å²) in [5.74, 6) is 0.0364. The molecular formula is C23H24N4O4. The maximum absolute atomic E-state index is 12.6. The zero-order chi connectivity index (χ0) is 22.0. The van der Waals surface area contributed by atoms with Crippen LogP contribution in [0.3, 0.4) is 0 Å². The molecule has 4 rings (SSSR count). The van der Waals surface area contributed by atoms with Crippen molar-refractivity contribution in [2.24, 2.45) is 7.05 Å². The SMILES string of the molecule is COc1ccc(CCN2C(=O)NC(CC(=O)Nc3ccc4c(ccn4C)c3)C2=O)cc1. The Labute approximate surface area is 179 Å². The molecule has 0 radical (unpaired) electrons. The fourth-order valence-electron chi connectivity index (χ4n) is 3.72. The summed E-state index contributed by atoms with van der Waals surface area (Å²) >= 11 is 0. The highest BCUT2D eigenvalue weighted by atomic mass is 16.5. The topological polar surface area (TPSA) is 92.7 Å². The van der Waals surface area contributed by atoms with E-state index in [0.29, 0.717) is 12.1 Å². The van der Waals surface area contributed by atoms with Gasteiger partial charge in [0, 0.05) is 36.4 Å². The van der Waals surface area contributed by atoms with Gasteiger partial charge in [0.25, 0.3) is 5.91 Å². The van der Waals surface area contributed by atoms with Crippen molar-refractivity contribution < 1.29 is 19.1 Å². The molecule has 1 aromatic heterocycles. The first kappa shape index (κ1) is 20.5. The van der Waals surface area contributed by atoms with Crippen molar-refractivity contribution in [3.05, 3.63) is 60.3 Å². The summed E-state index contributed by atoms with van der Waals surface area (Å²) in [6.07, 6.45) is 2.36. The Bertz CT molecular complexity index is 1140. The Morgan fingerprint density at radius 2 is 1.90 bits per heavy atom. The van der Waals surface area contributed by atoms with Crippen LogP contribution in [-0.2, 0) is 23.1 Å². The van der Waals surface area contributed by atoms with Crippen LogP contribution in [0.15, 0.2) is 54.7 Å². The van der Waals surface area contributed by atoms with Crippen LogP contribution in [0.25, 0.3) is 10.9 Å². The lowest BCUT2D eigenvalue weighted by atomic mass is 10.1. The molecule has 3 aromatic rings. The van der Waals surface area contributed by atoms with Crippen LogP contribution >= 0.6 is 0 Å². The van der Waals surface area contributed by atoms with Crippen LogP contribution in [0.1, 0.15) is 12.0 Å². The molecule has 31 heavy (non-hydrogen) atoms. The summed E-state index contributed by atoms with van der Waals surface area (Å²) < 4.78 is 7.12. The normalized spacial score (nSPS) is 15.9. The van der Waals surface area contributed by atoms with Crippen LogP contribution in [0, 0.1) is 0 Å². The quantitative estimate of drug-likeness (QED) is 0.575. The summed E-state index contributed by atoms with van der Waals surface area (Å²) in [6, 6.07) is 13.7. The predicted molar refractivity (Wildman–Crippen MR) is 117 cm³/mol. The Morgan fingerprint density at radius 3 is 2.65 bits per heavy atom. The number of carbonyl (C=O) groups is 3. The number of methoxy groups -OCH3 is 1. The van der Waals surface area contributed by atoms with E-state index < -0.39 is 12.1 Å². The van der Waals surface area contributed by atoms with E-state index in [1.807, 2.05) is 66.3 Å². The van der Waals surface area contributed by atoms with Crippen molar-refractivity contribution in [2.45, 2.75) is 18.9 Å². The Hall–Kier alpha value is -3.81. The number of imide groups is 1. The average Bonchev–Trinajstić information content (AvgIpc) is 3.25. The van der Waals surface area contributed by atoms with Crippen molar-refractivity contribution in [1.82, 2.24) is 14.8 Å². The van der Waals surface area contributed by atoms with E-state index in [9.17, 15) is 14.4 Å². The molecule has 1 unspecified atom stereocenters. The second-order valence-electron chi connectivity index (χ2n) is 7.54. The van der Waals surface area contributed by atoms with E-state index in [1.54, 1.807) is 7.11 Å². The maximum atomic E-state index is 12.6. The van der Waals surface area contributed by atoms with Crippen LogP contribution < -0.4 is 15.4 Å². The molecule has 0 aliphatic carbocycles. The van der Waals surface area contributed by atoms with Crippen molar-refractivity contribution in [2.75, 3.05) is 19.0 Å². The number of fused-ring (bicyclic) bond motifs is 1. The summed E-state index contributed by atoms with van der Waals surface area (Å²) in [5.41, 5.74) is 2.69. The van der Waals surface area contributed by atoms with Gasteiger partial charge in [-0.2, -0.15) is 0 Å². The third-order valence-electron chi connectivity index (χ3n) is 5.45. The van der Waals surface area contributed by atoms with Crippen LogP contribution in [0.2, 0.25) is 0 Å². The average molecular weight is 420 g/mol. The largest absolute Gasteiger partial charge is 0.497 e. The molecule has 2 heterocycles. The second kappa shape index (κ2) is 8.51. The minimum Gasteiger partial charge on any atom is -0.497 e. The summed E-state index contributed by atoms with van der Waals surface area (Å²) in [6.45, 7) is 0.250. The smallest absolute Gasteiger partial charge is 0.324 e. The van der Waals surface area contributed by atoms with Gasteiger partial charge in [-0.15, -0.1) is 0 Å². The first-order valence-electron chi connectivity index (χ1n) is 10.0. The van der Waals surface area contributed by atoms with Crippen LogP contribution in [0.4, 0.5) is 10.5 Å². The lowest BCUT2D eigenvalue weighted by molar-refractivity contribution is -0.129. The lowest BCUT2D eigenvalue weighted by Gasteiger charge is -2.13. The number of nitrogens with one attached hydrogen (secondary N) is 2. The number of aryl methyl sites for hydroxylation is 1. The van der Waals surface area contributed by atoms with Gasteiger partial charge in [0.15, 0.2) is 0 Å². The van der Waals surface area contributed by atoms with Crippen LogP contribution in [-0.4, -0.2) is 47.0 Å². The number of hydrogen-bond donors (Lipinski definition) is 2. The molecule has 1 aliphatic heterocycles. The Balaban J connectivity index is 1.33. The van der Waals surface area contributed by atoms with Crippen molar-refractivity contribution >= 4 is 34.4 Å². The summed E-state index contributed by atoms with van der Waals surface area (Å²) in [5, 5.41) is 6.43. The number of urea groups is 1. The number of rotatable bonds is 7. The molecule has 0 saturated carbocycles. The molecule has 1 atom stereocenters. The van der Waals surface area contributed by atoms with Gasteiger partial charge in [-0.05, 0) is 48.4 Å². The maximum Gasteiger partial charge on any atom is 0.324 e. The third-order valence-corrected chi connectivity index (χ3v) is 5.45. The fourth-order valence-corrected chi connectivity index (χ4v) is 3.72. The minimum atomic E-state index is -0.858. The number of carbonyl (C=O) groups excluding carboxylic acids is 3. The molecule has 4 amide bonds. The molecule has 1 fully saturated rings. The van der Waals surface area contributed by atoms with E-state index in [0.717, 1.165) is 27.1 Å². The first-order valence-corrected chi connectivity index (χ1v) is 10.0. The molecule has 0 spiro atoms. The number of hydrogen-bond acceptors (Lipinski definition) is 4. The van der Waals surface area contributed by atoms with Gasteiger partial charge in [-0.3, -0.25) is 14.5 Å². The molecular weight excluding hydrogens is 396 g/mol. The molecule has 1 aliphatic rings. The fraction of sp³-hybridized carbons (Fsp3) is 0.261. The second-order valence-corrected chi connectivity index (χ2v) is 7.54. The third kappa shape index (κ3) is 4.37. The number of nitrogens with zero attached hydrogens (tertiary/aromatic N) is 2. The number of benzene rings is 2. The van der Waals surface area contributed by atoms with Gasteiger partial charge in [-0.1, -0.05) is 12.1 Å². The van der Waals surface area contributed by atoms with E-state index in [1.165, 1.54) is 0 Å². The number of aromatic nitrogens is 1. The van der Waals surface area contributed by atoms with Crippen LogP contribution in [0.5, 0.6) is 5.75 Å². The molecule has 1 saturated heterocycles. The van der Waals surface area contributed by atoms with Gasteiger partial charge in [0.05, 0.1) is 13.5 Å². The number of amides is 4. The minimum absolute atomic E-state index is 0.115. The predicted octanol–water partition coefficient (Wildman–Crippen LogP) is 2.68. The van der Waals surface area contributed by atoms with E-state index in [2.05, 4.69) is 10.6 Å². The summed E-state index contributed by atoms with van der Waals surface area (Å²) in [7, 11) is 3.55. The van der Waals surface area contributed by atoms with E-state index in [-0.39, 0.29) is 24.8 Å². The molecule has 160 valence electrons. The standard InChI is InChI=1S/C23H24N4O4/c1-26-11-10-16-13-17(5-8-20(16)26)24-21(28)14-19-22(29)27(23(30)25-19)12-9-15-3-6-18(31-2)7-4-15/h3-8,10-11,13,19H,9,12,14H2,1-2H3,(H,24,28)(H,25,30). The van der Waals surface area contributed by atoms with Gasteiger partial charge in [0.2, 0.25) is 5.91 Å².